The number of rotatable bonds is 7. The molecule has 3 nitrogen and oxygen atoms in total. The molecular weight excluding hydrogens is 221 g/mol. The maximum absolute atomic E-state index is 12.7. The maximum Gasteiger partial charge on any atom is 0.123 e. The minimum Gasteiger partial charge on any atom is -0.388 e. The smallest absolute Gasteiger partial charge is 0.123 e. The minimum atomic E-state index is -0.541. The number of aliphatic hydroxyl groups is 1. The number of ether oxygens (including phenoxy) is 1. The Morgan fingerprint density at radius 3 is 2.53 bits per heavy atom. The first kappa shape index (κ1) is 14.1. The van der Waals surface area contributed by atoms with Crippen molar-refractivity contribution in [3.63, 3.8) is 0 Å². The second kappa shape index (κ2) is 7.37. The van der Waals surface area contributed by atoms with E-state index in [0.717, 1.165) is 18.7 Å². The highest BCUT2D eigenvalue weighted by Crippen LogP contribution is 2.16. The van der Waals surface area contributed by atoms with Gasteiger partial charge in [-0.15, -0.1) is 0 Å². The van der Waals surface area contributed by atoms with Gasteiger partial charge in [0.05, 0.1) is 12.7 Å². The van der Waals surface area contributed by atoms with Crippen LogP contribution in [0.1, 0.15) is 18.1 Å². The maximum atomic E-state index is 12.7. The number of benzene rings is 1. The molecule has 0 amide bonds. The van der Waals surface area contributed by atoms with Crippen LogP contribution >= 0.6 is 0 Å². The van der Waals surface area contributed by atoms with E-state index in [-0.39, 0.29) is 5.82 Å². The van der Waals surface area contributed by atoms with Crippen molar-refractivity contribution in [2.24, 2.45) is 0 Å². The molecule has 1 N–H and O–H groups in total. The third kappa shape index (κ3) is 5.26. The lowest BCUT2D eigenvalue weighted by Crippen LogP contribution is -2.25. The molecular formula is C13H20FNO2. The molecule has 0 saturated carbocycles. The van der Waals surface area contributed by atoms with Crippen LogP contribution < -0.4 is 0 Å². The van der Waals surface area contributed by atoms with Gasteiger partial charge in [-0.05, 0) is 31.2 Å². The fraction of sp³-hybridized carbons (Fsp3) is 0.538. The van der Waals surface area contributed by atoms with Crippen molar-refractivity contribution in [3.05, 3.63) is 35.6 Å². The zero-order valence-corrected chi connectivity index (χ0v) is 10.4. The van der Waals surface area contributed by atoms with Crippen molar-refractivity contribution < 1.29 is 14.2 Å². The highest BCUT2D eigenvalue weighted by atomic mass is 19.1. The lowest BCUT2D eigenvalue weighted by Gasteiger charge is -2.18. The van der Waals surface area contributed by atoms with E-state index in [1.54, 1.807) is 19.2 Å². The molecule has 1 aromatic rings. The number of methoxy groups -OCH3 is 1. The Labute approximate surface area is 102 Å². The van der Waals surface area contributed by atoms with Gasteiger partial charge in [0.1, 0.15) is 5.82 Å². The second-order valence-electron chi connectivity index (χ2n) is 4.15. The van der Waals surface area contributed by atoms with Crippen molar-refractivity contribution in [1.82, 2.24) is 4.90 Å². The molecule has 1 atom stereocenters. The molecule has 1 unspecified atom stereocenters. The van der Waals surface area contributed by atoms with Gasteiger partial charge in [0.2, 0.25) is 0 Å². The van der Waals surface area contributed by atoms with E-state index >= 15 is 0 Å². The molecule has 96 valence electrons. The summed E-state index contributed by atoms with van der Waals surface area (Å²) in [5, 5.41) is 9.91. The summed E-state index contributed by atoms with van der Waals surface area (Å²) >= 11 is 0. The lowest BCUT2D eigenvalue weighted by molar-refractivity contribution is 0.129. The summed E-state index contributed by atoms with van der Waals surface area (Å²) in [5.41, 5.74) is 0.756. The van der Waals surface area contributed by atoms with Crippen LogP contribution in [0.4, 0.5) is 4.39 Å². The van der Waals surface area contributed by atoms with Crippen LogP contribution in [0.15, 0.2) is 24.3 Å². The summed E-state index contributed by atoms with van der Waals surface area (Å²) in [7, 11) is 3.65. The van der Waals surface area contributed by atoms with Crippen LogP contribution in [0.5, 0.6) is 0 Å². The number of hydrogen-bond donors (Lipinski definition) is 1. The van der Waals surface area contributed by atoms with E-state index in [4.69, 9.17) is 4.74 Å². The molecule has 1 aromatic carbocycles. The summed E-state index contributed by atoms with van der Waals surface area (Å²) in [6.45, 7) is 2.30. The van der Waals surface area contributed by atoms with Gasteiger partial charge < -0.3 is 14.7 Å². The summed E-state index contributed by atoms with van der Waals surface area (Å²) in [6.07, 6.45) is 0.0897. The lowest BCUT2D eigenvalue weighted by atomic mass is 10.1. The van der Waals surface area contributed by atoms with Gasteiger partial charge >= 0.3 is 0 Å². The van der Waals surface area contributed by atoms with Gasteiger partial charge in [0, 0.05) is 20.2 Å². The van der Waals surface area contributed by atoms with Crippen molar-refractivity contribution in [2.75, 3.05) is 33.9 Å². The largest absolute Gasteiger partial charge is 0.388 e. The van der Waals surface area contributed by atoms with Gasteiger partial charge in [-0.25, -0.2) is 4.39 Å². The number of halogens is 1. The average molecular weight is 241 g/mol. The molecule has 4 heteroatoms. The van der Waals surface area contributed by atoms with Gasteiger partial charge in [-0.2, -0.15) is 0 Å². The average Bonchev–Trinajstić information content (AvgIpc) is 2.34. The summed E-state index contributed by atoms with van der Waals surface area (Å²) < 4.78 is 17.7. The zero-order valence-electron chi connectivity index (χ0n) is 10.4. The molecule has 0 saturated heterocycles. The van der Waals surface area contributed by atoms with Gasteiger partial charge in [-0.1, -0.05) is 12.1 Å². The monoisotopic (exact) mass is 241 g/mol. The molecule has 0 aliphatic heterocycles. The number of aliphatic hydroxyl groups excluding tert-OH is 1. The molecule has 0 radical (unpaired) electrons. The van der Waals surface area contributed by atoms with Gasteiger partial charge in [0.25, 0.3) is 0 Å². The molecule has 0 aliphatic rings. The zero-order chi connectivity index (χ0) is 12.7. The molecule has 0 aliphatic carbocycles. The van der Waals surface area contributed by atoms with Crippen LogP contribution in [0.25, 0.3) is 0 Å². The van der Waals surface area contributed by atoms with Crippen molar-refractivity contribution >= 4 is 0 Å². The molecule has 0 spiro atoms. The molecule has 0 heterocycles. The quantitative estimate of drug-likeness (QED) is 0.790. The van der Waals surface area contributed by atoms with E-state index in [1.807, 2.05) is 7.05 Å². The molecule has 0 aromatic heterocycles. The first-order valence-electron chi connectivity index (χ1n) is 5.74. The third-order valence-corrected chi connectivity index (χ3v) is 2.72. The van der Waals surface area contributed by atoms with Crippen molar-refractivity contribution in [3.8, 4) is 0 Å². The Morgan fingerprint density at radius 1 is 1.29 bits per heavy atom. The predicted octanol–water partition coefficient (Wildman–Crippen LogP) is 1.83. The van der Waals surface area contributed by atoms with Crippen molar-refractivity contribution in [1.29, 1.82) is 0 Å². The van der Waals surface area contributed by atoms with E-state index in [2.05, 4.69) is 4.90 Å². The van der Waals surface area contributed by atoms with Crippen LogP contribution in [-0.2, 0) is 4.74 Å². The third-order valence-electron chi connectivity index (χ3n) is 2.72. The van der Waals surface area contributed by atoms with Crippen molar-refractivity contribution in [2.45, 2.75) is 12.5 Å². The van der Waals surface area contributed by atoms with Crippen LogP contribution in [0.2, 0.25) is 0 Å². The van der Waals surface area contributed by atoms with Gasteiger partial charge in [-0.3, -0.25) is 0 Å². The standard InChI is InChI=1S/C13H20FNO2/c1-15(9-10-17-2)8-7-13(16)11-3-5-12(14)6-4-11/h3-6,13,16H,7-10H2,1-2H3. The van der Waals surface area contributed by atoms with E-state index in [9.17, 15) is 9.50 Å². The SMILES string of the molecule is COCCN(C)CCC(O)c1ccc(F)cc1. The second-order valence-corrected chi connectivity index (χ2v) is 4.15. The first-order chi connectivity index (χ1) is 8.13. The highest BCUT2D eigenvalue weighted by Gasteiger charge is 2.08. The number of likely N-dealkylation sites (N-methyl/N-ethyl adjacent to an activating group) is 1. The topological polar surface area (TPSA) is 32.7 Å². The Morgan fingerprint density at radius 2 is 1.94 bits per heavy atom. The van der Waals surface area contributed by atoms with E-state index < -0.39 is 6.10 Å². The Hall–Kier alpha value is -0.970. The van der Waals surface area contributed by atoms with Crippen LogP contribution in [0, 0.1) is 5.82 Å². The van der Waals surface area contributed by atoms with Gasteiger partial charge in [0.15, 0.2) is 0 Å². The fourth-order valence-corrected chi connectivity index (χ4v) is 1.55. The molecule has 1 rings (SSSR count). The number of hydrogen-bond acceptors (Lipinski definition) is 3. The number of nitrogens with zero attached hydrogens (tertiary/aromatic N) is 1. The Bertz CT molecular complexity index is 316. The highest BCUT2D eigenvalue weighted by molar-refractivity contribution is 5.18. The summed E-state index contributed by atoms with van der Waals surface area (Å²) in [6, 6.07) is 5.98. The van der Waals surface area contributed by atoms with Crippen LogP contribution in [-0.4, -0.2) is 43.9 Å². The molecule has 17 heavy (non-hydrogen) atoms. The summed E-state index contributed by atoms with van der Waals surface area (Å²) in [5.74, 6) is -0.279. The first-order valence-corrected chi connectivity index (χ1v) is 5.74. The Kier molecular flexibility index (Phi) is 6.11. The van der Waals surface area contributed by atoms with E-state index in [1.165, 1.54) is 12.1 Å². The fourth-order valence-electron chi connectivity index (χ4n) is 1.55. The minimum absolute atomic E-state index is 0.279. The normalized spacial score (nSPS) is 13.0. The van der Waals surface area contributed by atoms with Crippen LogP contribution in [0.3, 0.4) is 0 Å². The molecule has 0 fully saturated rings. The summed E-state index contributed by atoms with van der Waals surface area (Å²) in [4.78, 5) is 2.09. The Balaban J connectivity index is 2.34. The predicted molar refractivity (Wildman–Crippen MR) is 65.3 cm³/mol. The van der Waals surface area contributed by atoms with E-state index in [0.29, 0.717) is 13.0 Å². The molecule has 0 bridgehead atoms.